The van der Waals surface area contributed by atoms with E-state index in [1.54, 1.807) is 12.1 Å². The van der Waals surface area contributed by atoms with Crippen molar-refractivity contribution in [3.8, 4) is 5.75 Å². The molecule has 0 spiro atoms. The second-order valence-corrected chi connectivity index (χ2v) is 4.13. The summed E-state index contributed by atoms with van der Waals surface area (Å²) in [5.74, 6) is 0.722. The third kappa shape index (κ3) is 2.07. The first kappa shape index (κ1) is 9.53. The van der Waals surface area contributed by atoms with Crippen LogP contribution in [0.5, 0.6) is 5.75 Å². The standard InChI is InChI=1S/C12H16O2/c13-11-6-4-9(5-7-11)8-10-2-1-3-12(10)14/h4-7,10,12-14H,1-3,8H2/t10-,12+/m0/s1. The second kappa shape index (κ2) is 4.01. The Morgan fingerprint density at radius 2 is 1.86 bits per heavy atom. The van der Waals surface area contributed by atoms with Crippen LogP contribution in [0.3, 0.4) is 0 Å². The Morgan fingerprint density at radius 3 is 2.43 bits per heavy atom. The van der Waals surface area contributed by atoms with Gasteiger partial charge in [0.2, 0.25) is 0 Å². The molecule has 1 fully saturated rings. The van der Waals surface area contributed by atoms with Gasteiger partial charge in [-0.1, -0.05) is 18.6 Å². The summed E-state index contributed by atoms with van der Waals surface area (Å²) in [4.78, 5) is 0. The van der Waals surface area contributed by atoms with E-state index in [9.17, 15) is 5.11 Å². The largest absolute Gasteiger partial charge is 0.508 e. The molecule has 1 aliphatic carbocycles. The lowest BCUT2D eigenvalue weighted by Crippen LogP contribution is -2.15. The third-order valence-corrected chi connectivity index (χ3v) is 3.05. The van der Waals surface area contributed by atoms with Crippen molar-refractivity contribution in [3.05, 3.63) is 29.8 Å². The molecule has 1 aromatic carbocycles. The quantitative estimate of drug-likeness (QED) is 0.753. The maximum Gasteiger partial charge on any atom is 0.115 e. The zero-order valence-electron chi connectivity index (χ0n) is 8.19. The Balaban J connectivity index is 2.00. The fourth-order valence-corrected chi connectivity index (χ4v) is 2.19. The minimum atomic E-state index is -0.121. The van der Waals surface area contributed by atoms with Crippen LogP contribution in [0.1, 0.15) is 24.8 Å². The average Bonchev–Trinajstić information content (AvgIpc) is 2.56. The number of phenolic OH excluding ortho intramolecular Hbond substituents is 1. The van der Waals surface area contributed by atoms with Gasteiger partial charge in [0, 0.05) is 0 Å². The highest BCUT2D eigenvalue weighted by Gasteiger charge is 2.24. The molecule has 0 unspecified atom stereocenters. The summed E-state index contributed by atoms with van der Waals surface area (Å²) in [6.07, 6.45) is 4.03. The Morgan fingerprint density at radius 1 is 1.14 bits per heavy atom. The summed E-state index contributed by atoms with van der Waals surface area (Å²) < 4.78 is 0. The van der Waals surface area contributed by atoms with Crippen LogP contribution in [0.4, 0.5) is 0 Å². The van der Waals surface area contributed by atoms with Crippen molar-refractivity contribution in [2.45, 2.75) is 31.8 Å². The van der Waals surface area contributed by atoms with E-state index in [1.807, 2.05) is 12.1 Å². The summed E-state index contributed by atoms with van der Waals surface area (Å²) in [6.45, 7) is 0. The predicted molar refractivity (Wildman–Crippen MR) is 55.2 cm³/mol. The smallest absolute Gasteiger partial charge is 0.115 e. The minimum absolute atomic E-state index is 0.121. The van der Waals surface area contributed by atoms with Crippen molar-refractivity contribution >= 4 is 0 Å². The van der Waals surface area contributed by atoms with Crippen molar-refractivity contribution in [2.24, 2.45) is 5.92 Å². The summed E-state index contributed by atoms with van der Waals surface area (Å²) >= 11 is 0. The molecule has 0 saturated heterocycles. The first-order valence-corrected chi connectivity index (χ1v) is 5.21. The lowest BCUT2D eigenvalue weighted by molar-refractivity contribution is 0.132. The molecular weight excluding hydrogens is 176 g/mol. The van der Waals surface area contributed by atoms with Gasteiger partial charge in [-0.3, -0.25) is 0 Å². The highest BCUT2D eigenvalue weighted by molar-refractivity contribution is 5.26. The monoisotopic (exact) mass is 192 g/mol. The Bertz CT molecular complexity index is 292. The van der Waals surface area contributed by atoms with Gasteiger partial charge in [-0.2, -0.15) is 0 Å². The summed E-state index contributed by atoms with van der Waals surface area (Å²) in [5.41, 5.74) is 1.20. The first-order valence-electron chi connectivity index (χ1n) is 5.21. The van der Waals surface area contributed by atoms with E-state index in [0.717, 1.165) is 25.7 Å². The van der Waals surface area contributed by atoms with Crippen LogP contribution in [0, 0.1) is 5.92 Å². The van der Waals surface area contributed by atoms with Gasteiger partial charge >= 0.3 is 0 Å². The Kier molecular flexibility index (Phi) is 2.73. The maximum atomic E-state index is 9.66. The van der Waals surface area contributed by atoms with Crippen LogP contribution in [-0.4, -0.2) is 16.3 Å². The Hall–Kier alpha value is -1.02. The molecule has 2 rings (SSSR count). The summed E-state index contributed by atoms with van der Waals surface area (Å²) in [5, 5.41) is 18.8. The number of rotatable bonds is 2. The molecular formula is C12H16O2. The fraction of sp³-hybridized carbons (Fsp3) is 0.500. The van der Waals surface area contributed by atoms with Gasteiger partial charge in [0.15, 0.2) is 0 Å². The molecule has 76 valence electrons. The molecule has 0 aliphatic heterocycles. The first-order chi connectivity index (χ1) is 6.75. The van der Waals surface area contributed by atoms with Gasteiger partial charge < -0.3 is 10.2 Å². The Labute approximate surface area is 84.2 Å². The molecule has 0 amide bonds. The molecule has 0 bridgehead atoms. The van der Waals surface area contributed by atoms with E-state index < -0.39 is 0 Å². The molecule has 14 heavy (non-hydrogen) atoms. The number of aliphatic hydroxyl groups is 1. The van der Waals surface area contributed by atoms with Gasteiger partial charge in [-0.05, 0) is 42.9 Å². The second-order valence-electron chi connectivity index (χ2n) is 4.13. The molecule has 2 heteroatoms. The highest BCUT2D eigenvalue weighted by Crippen LogP contribution is 2.28. The zero-order valence-corrected chi connectivity index (χ0v) is 8.19. The number of benzene rings is 1. The van der Waals surface area contributed by atoms with Crippen LogP contribution in [0.15, 0.2) is 24.3 Å². The molecule has 2 atom stereocenters. The van der Waals surface area contributed by atoms with Gasteiger partial charge in [0.1, 0.15) is 5.75 Å². The number of hydrogen-bond donors (Lipinski definition) is 2. The molecule has 1 saturated carbocycles. The van der Waals surface area contributed by atoms with Gasteiger partial charge in [0.25, 0.3) is 0 Å². The van der Waals surface area contributed by atoms with Gasteiger partial charge in [0.05, 0.1) is 6.10 Å². The molecule has 2 N–H and O–H groups in total. The lowest BCUT2D eigenvalue weighted by atomic mass is 9.96. The normalized spacial score (nSPS) is 26.6. The molecule has 0 heterocycles. The van der Waals surface area contributed by atoms with Gasteiger partial charge in [-0.15, -0.1) is 0 Å². The van der Waals surface area contributed by atoms with E-state index in [4.69, 9.17) is 5.11 Å². The van der Waals surface area contributed by atoms with Crippen molar-refractivity contribution in [3.63, 3.8) is 0 Å². The van der Waals surface area contributed by atoms with E-state index >= 15 is 0 Å². The van der Waals surface area contributed by atoms with Crippen molar-refractivity contribution in [2.75, 3.05) is 0 Å². The summed E-state index contributed by atoms with van der Waals surface area (Å²) in [6, 6.07) is 7.27. The van der Waals surface area contributed by atoms with Crippen LogP contribution in [-0.2, 0) is 6.42 Å². The number of aromatic hydroxyl groups is 1. The third-order valence-electron chi connectivity index (χ3n) is 3.05. The summed E-state index contributed by atoms with van der Waals surface area (Å²) in [7, 11) is 0. The van der Waals surface area contributed by atoms with E-state index in [-0.39, 0.29) is 6.10 Å². The SMILES string of the molecule is Oc1ccc(C[C@@H]2CCC[C@H]2O)cc1. The molecule has 0 radical (unpaired) electrons. The maximum absolute atomic E-state index is 9.66. The van der Waals surface area contributed by atoms with Crippen LogP contribution in [0.25, 0.3) is 0 Å². The molecule has 2 nitrogen and oxygen atoms in total. The van der Waals surface area contributed by atoms with Gasteiger partial charge in [-0.25, -0.2) is 0 Å². The van der Waals surface area contributed by atoms with E-state index in [0.29, 0.717) is 11.7 Å². The molecule has 1 aromatic rings. The van der Waals surface area contributed by atoms with E-state index in [1.165, 1.54) is 5.56 Å². The number of aliphatic hydroxyl groups excluding tert-OH is 1. The fourth-order valence-electron chi connectivity index (χ4n) is 2.19. The van der Waals surface area contributed by atoms with Crippen molar-refractivity contribution in [1.82, 2.24) is 0 Å². The van der Waals surface area contributed by atoms with Crippen LogP contribution >= 0.6 is 0 Å². The van der Waals surface area contributed by atoms with Crippen molar-refractivity contribution in [1.29, 1.82) is 0 Å². The lowest BCUT2D eigenvalue weighted by Gasteiger charge is -2.13. The van der Waals surface area contributed by atoms with Crippen LogP contribution < -0.4 is 0 Å². The van der Waals surface area contributed by atoms with Crippen molar-refractivity contribution < 1.29 is 10.2 Å². The predicted octanol–water partition coefficient (Wildman–Crippen LogP) is 2.10. The molecule has 1 aliphatic rings. The minimum Gasteiger partial charge on any atom is -0.508 e. The average molecular weight is 192 g/mol. The number of hydrogen-bond acceptors (Lipinski definition) is 2. The van der Waals surface area contributed by atoms with Crippen LogP contribution in [0.2, 0.25) is 0 Å². The highest BCUT2D eigenvalue weighted by atomic mass is 16.3. The zero-order chi connectivity index (χ0) is 9.97. The topological polar surface area (TPSA) is 40.5 Å². The molecule has 0 aromatic heterocycles. The van der Waals surface area contributed by atoms with E-state index in [2.05, 4.69) is 0 Å². The number of phenols is 1.